The van der Waals surface area contributed by atoms with Crippen LogP contribution < -0.4 is 5.32 Å². The van der Waals surface area contributed by atoms with Crippen molar-refractivity contribution in [1.29, 1.82) is 0 Å². The molecule has 1 amide bonds. The highest BCUT2D eigenvalue weighted by Gasteiger charge is 2.42. The molecule has 1 N–H and O–H groups in total. The predicted octanol–water partition coefficient (Wildman–Crippen LogP) is 4.42. The standard InChI is InChI=1S/C21H25NO/c1-17(18-10-4-2-5-11-18)16-22-20(23)21(14-8-9-15-21)19-12-6-3-7-13-19/h2-7,10-13,17H,8-9,14-16H2,1H3,(H,22,23)/t17-/m1/s1. The van der Waals surface area contributed by atoms with Gasteiger partial charge in [-0.3, -0.25) is 4.79 Å². The van der Waals surface area contributed by atoms with Crippen LogP contribution in [0, 0.1) is 0 Å². The summed E-state index contributed by atoms with van der Waals surface area (Å²) in [7, 11) is 0. The second-order valence-corrected chi connectivity index (χ2v) is 6.68. The zero-order chi connectivity index (χ0) is 16.1. The number of carbonyl (C=O) groups excluding carboxylic acids is 1. The largest absolute Gasteiger partial charge is 0.355 e. The zero-order valence-electron chi connectivity index (χ0n) is 13.8. The van der Waals surface area contributed by atoms with Crippen LogP contribution in [0.25, 0.3) is 0 Å². The number of rotatable bonds is 5. The molecule has 1 fully saturated rings. The van der Waals surface area contributed by atoms with Gasteiger partial charge in [-0.2, -0.15) is 0 Å². The number of amides is 1. The van der Waals surface area contributed by atoms with Crippen LogP contribution in [0.5, 0.6) is 0 Å². The minimum atomic E-state index is -0.322. The van der Waals surface area contributed by atoms with Gasteiger partial charge >= 0.3 is 0 Å². The molecule has 0 unspecified atom stereocenters. The van der Waals surface area contributed by atoms with Crippen LogP contribution in [0.3, 0.4) is 0 Å². The summed E-state index contributed by atoms with van der Waals surface area (Å²) in [6.07, 6.45) is 4.19. The van der Waals surface area contributed by atoms with E-state index >= 15 is 0 Å². The van der Waals surface area contributed by atoms with E-state index in [4.69, 9.17) is 0 Å². The predicted molar refractivity (Wildman–Crippen MR) is 94.5 cm³/mol. The van der Waals surface area contributed by atoms with Gasteiger partial charge in [0, 0.05) is 6.54 Å². The van der Waals surface area contributed by atoms with Crippen molar-refractivity contribution in [3.63, 3.8) is 0 Å². The van der Waals surface area contributed by atoms with E-state index in [0.717, 1.165) is 25.7 Å². The van der Waals surface area contributed by atoms with Gasteiger partial charge in [-0.15, -0.1) is 0 Å². The van der Waals surface area contributed by atoms with Gasteiger partial charge < -0.3 is 5.32 Å². The summed E-state index contributed by atoms with van der Waals surface area (Å²) in [5.41, 5.74) is 2.12. The lowest BCUT2D eigenvalue weighted by molar-refractivity contribution is -0.126. The molecule has 0 heterocycles. The number of carbonyl (C=O) groups is 1. The Balaban J connectivity index is 1.71. The molecule has 0 aromatic heterocycles. The van der Waals surface area contributed by atoms with Gasteiger partial charge in [0.05, 0.1) is 5.41 Å². The van der Waals surface area contributed by atoms with Crippen molar-refractivity contribution in [2.75, 3.05) is 6.54 Å². The molecule has 0 aliphatic heterocycles. The molecular formula is C21H25NO. The summed E-state index contributed by atoms with van der Waals surface area (Å²) >= 11 is 0. The van der Waals surface area contributed by atoms with Gasteiger partial charge in [0.25, 0.3) is 0 Å². The van der Waals surface area contributed by atoms with Gasteiger partial charge in [-0.25, -0.2) is 0 Å². The molecule has 1 atom stereocenters. The Morgan fingerprint density at radius 3 is 2.17 bits per heavy atom. The summed E-state index contributed by atoms with van der Waals surface area (Å²) in [5, 5.41) is 3.22. The molecule has 2 aromatic carbocycles. The topological polar surface area (TPSA) is 29.1 Å². The molecule has 2 heteroatoms. The minimum absolute atomic E-state index is 0.198. The van der Waals surface area contributed by atoms with Crippen molar-refractivity contribution in [3.05, 3.63) is 71.8 Å². The second kappa shape index (κ2) is 6.99. The van der Waals surface area contributed by atoms with Crippen LogP contribution in [0.2, 0.25) is 0 Å². The summed E-state index contributed by atoms with van der Waals surface area (Å²) in [5.74, 6) is 0.526. The second-order valence-electron chi connectivity index (χ2n) is 6.68. The molecule has 0 bridgehead atoms. The van der Waals surface area contributed by atoms with E-state index in [1.54, 1.807) is 0 Å². The number of nitrogens with one attached hydrogen (secondary N) is 1. The van der Waals surface area contributed by atoms with Crippen LogP contribution in [-0.4, -0.2) is 12.5 Å². The first-order chi connectivity index (χ1) is 11.2. The molecule has 1 aliphatic rings. The van der Waals surface area contributed by atoms with E-state index in [9.17, 15) is 4.79 Å². The Hall–Kier alpha value is -2.09. The molecular weight excluding hydrogens is 282 g/mol. The number of hydrogen-bond donors (Lipinski definition) is 1. The Morgan fingerprint density at radius 2 is 1.57 bits per heavy atom. The maximum atomic E-state index is 13.0. The van der Waals surface area contributed by atoms with Gasteiger partial charge in [-0.1, -0.05) is 80.4 Å². The average molecular weight is 307 g/mol. The first-order valence-corrected chi connectivity index (χ1v) is 8.61. The lowest BCUT2D eigenvalue weighted by atomic mass is 9.78. The molecule has 2 nitrogen and oxygen atoms in total. The van der Waals surface area contributed by atoms with Crippen molar-refractivity contribution >= 4 is 5.91 Å². The van der Waals surface area contributed by atoms with Crippen LogP contribution in [-0.2, 0) is 10.2 Å². The SMILES string of the molecule is C[C@H](CNC(=O)C1(c2ccccc2)CCCC1)c1ccccc1. The van der Waals surface area contributed by atoms with Crippen molar-refractivity contribution in [2.24, 2.45) is 0 Å². The molecule has 0 saturated heterocycles. The fourth-order valence-electron chi connectivity index (χ4n) is 3.70. The van der Waals surface area contributed by atoms with Crippen LogP contribution in [0.15, 0.2) is 60.7 Å². The van der Waals surface area contributed by atoms with Gasteiger partial charge in [-0.05, 0) is 29.9 Å². The third-order valence-corrected chi connectivity index (χ3v) is 5.16. The van der Waals surface area contributed by atoms with Crippen molar-refractivity contribution in [2.45, 2.75) is 43.9 Å². The highest BCUT2D eigenvalue weighted by atomic mass is 16.2. The summed E-state index contributed by atoms with van der Waals surface area (Å²) in [4.78, 5) is 13.0. The van der Waals surface area contributed by atoms with Crippen LogP contribution >= 0.6 is 0 Å². The lowest BCUT2D eigenvalue weighted by Gasteiger charge is -2.29. The molecule has 0 spiro atoms. The quantitative estimate of drug-likeness (QED) is 0.870. The monoisotopic (exact) mass is 307 g/mol. The molecule has 120 valence electrons. The van der Waals surface area contributed by atoms with Crippen molar-refractivity contribution in [3.8, 4) is 0 Å². The number of hydrogen-bond acceptors (Lipinski definition) is 1. The van der Waals surface area contributed by atoms with Gasteiger partial charge in [0.2, 0.25) is 5.91 Å². The highest BCUT2D eigenvalue weighted by Crippen LogP contribution is 2.41. The van der Waals surface area contributed by atoms with Crippen molar-refractivity contribution in [1.82, 2.24) is 5.32 Å². The first-order valence-electron chi connectivity index (χ1n) is 8.61. The van der Waals surface area contributed by atoms with E-state index in [1.807, 2.05) is 24.3 Å². The molecule has 1 aliphatic carbocycles. The summed E-state index contributed by atoms with van der Waals surface area (Å²) < 4.78 is 0. The summed E-state index contributed by atoms with van der Waals surface area (Å²) in [6.45, 7) is 2.86. The van der Waals surface area contributed by atoms with Crippen LogP contribution in [0.1, 0.15) is 49.7 Å². The van der Waals surface area contributed by atoms with E-state index in [1.165, 1.54) is 11.1 Å². The lowest BCUT2D eigenvalue weighted by Crippen LogP contribution is -2.43. The van der Waals surface area contributed by atoms with E-state index in [-0.39, 0.29) is 11.3 Å². The van der Waals surface area contributed by atoms with Gasteiger partial charge in [0.1, 0.15) is 0 Å². The highest BCUT2D eigenvalue weighted by molar-refractivity contribution is 5.88. The van der Waals surface area contributed by atoms with E-state index in [2.05, 4.69) is 48.6 Å². The third-order valence-electron chi connectivity index (χ3n) is 5.16. The zero-order valence-corrected chi connectivity index (χ0v) is 13.8. The third kappa shape index (κ3) is 3.31. The molecule has 23 heavy (non-hydrogen) atoms. The van der Waals surface area contributed by atoms with E-state index in [0.29, 0.717) is 12.5 Å². The van der Waals surface area contributed by atoms with E-state index < -0.39 is 0 Å². The molecule has 0 radical (unpaired) electrons. The number of benzene rings is 2. The Kier molecular flexibility index (Phi) is 4.80. The Bertz CT molecular complexity index is 629. The van der Waals surface area contributed by atoms with Gasteiger partial charge in [0.15, 0.2) is 0 Å². The molecule has 2 aromatic rings. The Morgan fingerprint density at radius 1 is 1.00 bits per heavy atom. The maximum Gasteiger partial charge on any atom is 0.230 e. The van der Waals surface area contributed by atoms with Crippen molar-refractivity contribution < 1.29 is 4.79 Å². The normalized spacial score (nSPS) is 17.6. The fraction of sp³-hybridized carbons (Fsp3) is 0.381. The van der Waals surface area contributed by atoms with Crippen LogP contribution in [0.4, 0.5) is 0 Å². The summed E-state index contributed by atoms with van der Waals surface area (Å²) in [6, 6.07) is 20.7. The Labute approximate surface area is 138 Å². The fourth-order valence-corrected chi connectivity index (χ4v) is 3.70. The minimum Gasteiger partial charge on any atom is -0.355 e. The smallest absolute Gasteiger partial charge is 0.230 e. The molecule has 3 rings (SSSR count). The average Bonchev–Trinajstić information content (AvgIpc) is 3.12. The first kappa shape index (κ1) is 15.8. The maximum absolute atomic E-state index is 13.0. The molecule has 1 saturated carbocycles.